The molecule has 0 fully saturated rings. The fraction of sp³-hybridized carbons (Fsp3) is 0.222. The van der Waals surface area contributed by atoms with Gasteiger partial charge in [0.1, 0.15) is 5.75 Å². The molecule has 10 heteroatoms. The second-order valence-corrected chi connectivity index (χ2v) is 7.69. The molecule has 1 atom stereocenters. The number of ether oxygens (including phenoxy) is 2. The van der Waals surface area contributed by atoms with E-state index in [0.717, 1.165) is 0 Å². The molecule has 0 radical (unpaired) electrons. The van der Waals surface area contributed by atoms with Crippen LogP contribution in [0.25, 0.3) is 0 Å². The molecule has 0 bridgehead atoms. The van der Waals surface area contributed by atoms with Crippen molar-refractivity contribution in [2.24, 2.45) is 0 Å². The molecule has 0 amide bonds. The van der Waals surface area contributed by atoms with Gasteiger partial charge in [-0.3, -0.25) is 14.9 Å². The zero-order valence-electron chi connectivity index (χ0n) is 14.6. The minimum absolute atomic E-state index is 0.00632. The van der Waals surface area contributed by atoms with Gasteiger partial charge in [0.2, 0.25) is 6.10 Å². The van der Waals surface area contributed by atoms with Gasteiger partial charge in [-0.25, -0.2) is 13.2 Å². The first-order chi connectivity index (χ1) is 13.3. The van der Waals surface area contributed by atoms with Crippen LogP contribution in [0.3, 0.4) is 0 Å². The van der Waals surface area contributed by atoms with Crippen LogP contribution in [0.5, 0.6) is 0 Å². The van der Waals surface area contributed by atoms with Gasteiger partial charge >= 0.3 is 5.97 Å². The van der Waals surface area contributed by atoms with E-state index in [0.29, 0.717) is 5.56 Å². The van der Waals surface area contributed by atoms with Crippen molar-refractivity contribution in [3.05, 3.63) is 70.3 Å². The van der Waals surface area contributed by atoms with Gasteiger partial charge < -0.3 is 9.47 Å². The fourth-order valence-electron chi connectivity index (χ4n) is 2.30. The number of nitro groups is 1. The molecule has 9 nitrogen and oxygen atoms in total. The number of nitrogens with zero attached hydrogens (tertiary/aromatic N) is 1. The Bertz CT molecular complexity index is 926. The van der Waals surface area contributed by atoms with Crippen molar-refractivity contribution in [1.29, 1.82) is 0 Å². The highest BCUT2D eigenvalue weighted by Gasteiger charge is 2.29. The second kappa shape index (κ2) is 9.60. The van der Waals surface area contributed by atoms with Crippen LogP contribution < -0.4 is 0 Å². The summed E-state index contributed by atoms with van der Waals surface area (Å²) in [4.78, 5) is 32.8. The van der Waals surface area contributed by atoms with Gasteiger partial charge in [0, 0.05) is 18.6 Å². The molecule has 2 aromatic rings. The zero-order chi connectivity index (χ0) is 20.6. The van der Waals surface area contributed by atoms with E-state index in [1.54, 1.807) is 6.07 Å². The van der Waals surface area contributed by atoms with Crippen molar-refractivity contribution in [2.75, 3.05) is 12.4 Å². The van der Waals surface area contributed by atoms with Gasteiger partial charge in [-0.2, -0.15) is 0 Å². The van der Waals surface area contributed by atoms with Crippen LogP contribution in [0, 0.1) is 10.1 Å². The largest absolute Gasteiger partial charge is 0.463 e. The molecule has 0 aliphatic heterocycles. The molecule has 0 heterocycles. The molecule has 2 rings (SSSR count). The van der Waals surface area contributed by atoms with Crippen molar-refractivity contribution in [3.63, 3.8) is 0 Å². The first kappa shape index (κ1) is 21.0. The Morgan fingerprint density at radius 2 is 1.75 bits per heavy atom. The number of esters is 1. The van der Waals surface area contributed by atoms with Crippen LogP contribution in [0.15, 0.2) is 59.5 Å². The molecule has 0 aliphatic rings. The van der Waals surface area contributed by atoms with Gasteiger partial charge in [-0.05, 0) is 17.7 Å². The maximum absolute atomic E-state index is 12.3. The summed E-state index contributed by atoms with van der Waals surface area (Å²) >= 11 is 0. The van der Waals surface area contributed by atoms with Crippen molar-refractivity contribution < 1.29 is 32.4 Å². The SMILES string of the molecule is O=COC(CS(=O)(=O)c1ccccc1)C(=O)OCCc1ccc([N+](=O)[O-])cc1. The molecule has 0 aromatic heterocycles. The Hall–Kier alpha value is -3.27. The van der Waals surface area contributed by atoms with Crippen LogP contribution in [-0.4, -0.2) is 44.2 Å². The van der Waals surface area contributed by atoms with Crippen LogP contribution in [0.1, 0.15) is 5.56 Å². The third-order valence-corrected chi connectivity index (χ3v) is 5.47. The van der Waals surface area contributed by atoms with Gasteiger partial charge in [0.25, 0.3) is 12.2 Å². The van der Waals surface area contributed by atoms with Gasteiger partial charge in [-0.1, -0.05) is 30.3 Å². The standard InChI is InChI=1S/C18H17NO8S/c20-13-27-17(12-28(24,25)16-4-2-1-3-5-16)18(21)26-11-10-14-6-8-15(9-7-14)19(22)23/h1-9,13,17H,10-12H2. The lowest BCUT2D eigenvalue weighted by Crippen LogP contribution is -2.34. The van der Waals surface area contributed by atoms with Crippen molar-refractivity contribution >= 4 is 28.0 Å². The normalized spacial score (nSPS) is 12.0. The monoisotopic (exact) mass is 407 g/mol. The van der Waals surface area contributed by atoms with Gasteiger partial charge in [0.05, 0.1) is 16.4 Å². The number of non-ortho nitro benzene ring substituents is 1. The second-order valence-electron chi connectivity index (χ2n) is 5.66. The topological polar surface area (TPSA) is 130 Å². The Labute approximate surface area is 161 Å². The van der Waals surface area contributed by atoms with E-state index in [4.69, 9.17) is 4.74 Å². The van der Waals surface area contributed by atoms with Crippen LogP contribution in [0.2, 0.25) is 0 Å². The molecular formula is C18H17NO8S. The maximum atomic E-state index is 12.3. The summed E-state index contributed by atoms with van der Waals surface area (Å²) in [7, 11) is -3.87. The Morgan fingerprint density at radius 3 is 2.32 bits per heavy atom. The summed E-state index contributed by atoms with van der Waals surface area (Å²) in [6.07, 6.45) is -1.34. The highest BCUT2D eigenvalue weighted by atomic mass is 32.2. The quantitative estimate of drug-likeness (QED) is 0.252. The average Bonchev–Trinajstić information content (AvgIpc) is 2.68. The van der Waals surface area contributed by atoms with Gasteiger partial charge in [-0.15, -0.1) is 0 Å². The first-order valence-electron chi connectivity index (χ1n) is 8.10. The molecule has 0 N–H and O–H groups in total. The van der Waals surface area contributed by atoms with Crippen molar-refractivity contribution in [2.45, 2.75) is 17.4 Å². The van der Waals surface area contributed by atoms with E-state index in [-0.39, 0.29) is 30.1 Å². The highest BCUT2D eigenvalue weighted by molar-refractivity contribution is 7.91. The number of nitro benzene ring substituents is 1. The number of carbonyl (C=O) groups is 2. The summed E-state index contributed by atoms with van der Waals surface area (Å²) in [5.74, 6) is -1.74. The zero-order valence-corrected chi connectivity index (χ0v) is 15.4. The molecule has 1 unspecified atom stereocenters. The van der Waals surface area contributed by atoms with Crippen LogP contribution in [-0.2, 0) is 35.3 Å². The molecule has 0 aliphatic carbocycles. The number of hydrogen-bond acceptors (Lipinski definition) is 8. The van der Waals surface area contributed by atoms with E-state index in [2.05, 4.69) is 4.74 Å². The number of benzene rings is 2. The van der Waals surface area contributed by atoms with E-state index in [1.165, 1.54) is 48.5 Å². The first-order valence-corrected chi connectivity index (χ1v) is 9.75. The Morgan fingerprint density at radius 1 is 1.11 bits per heavy atom. The summed E-state index contributed by atoms with van der Waals surface area (Å²) in [6, 6.07) is 13.1. The summed E-state index contributed by atoms with van der Waals surface area (Å²) < 4.78 is 34.3. The number of sulfone groups is 1. The predicted molar refractivity (Wildman–Crippen MR) is 97.2 cm³/mol. The Balaban J connectivity index is 1.95. The minimum atomic E-state index is -3.87. The molecule has 0 spiro atoms. The highest BCUT2D eigenvalue weighted by Crippen LogP contribution is 2.14. The lowest BCUT2D eigenvalue weighted by Gasteiger charge is -2.14. The third kappa shape index (κ3) is 5.88. The molecule has 28 heavy (non-hydrogen) atoms. The molecular weight excluding hydrogens is 390 g/mol. The lowest BCUT2D eigenvalue weighted by atomic mass is 10.1. The van der Waals surface area contributed by atoms with E-state index in [1.807, 2.05) is 0 Å². The molecule has 2 aromatic carbocycles. The average molecular weight is 407 g/mol. The maximum Gasteiger partial charge on any atom is 0.348 e. The van der Waals surface area contributed by atoms with E-state index < -0.39 is 32.6 Å². The Kier molecular flexibility index (Phi) is 7.21. The van der Waals surface area contributed by atoms with Gasteiger partial charge in [0.15, 0.2) is 9.84 Å². The van der Waals surface area contributed by atoms with E-state index in [9.17, 15) is 28.1 Å². The van der Waals surface area contributed by atoms with E-state index >= 15 is 0 Å². The van der Waals surface area contributed by atoms with Crippen LogP contribution in [0.4, 0.5) is 5.69 Å². The summed E-state index contributed by atoms with van der Waals surface area (Å²) in [5, 5.41) is 10.6. The number of carbonyl (C=O) groups excluding carboxylic acids is 2. The predicted octanol–water partition coefficient (Wildman–Crippen LogP) is 1.70. The third-order valence-electron chi connectivity index (χ3n) is 3.74. The van der Waals surface area contributed by atoms with Crippen molar-refractivity contribution in [1.82, 2.24) is 0 Å². The fourth-order valence-corrected chi connectivity index (χ4v) is 3.68. The minimum Gasteiger partial charge on any atom is -0.463 e. The van der Waals surface area contributed by atoms with Crippen LogP contribution >= 0.6 is 0 Å². The smallest absolute Gasteiger partial charge is 0.348 e. The number of rotatable bonds is 10. The lowest BCUT2D eigenvalue weighted by molar-refractivity contribution is -0.384. The summed E-state index contributed by atoms with van der Waals surface area (Å²) in [6.45, 7) is -0.122. The molecule has 148 valence electrons. The molecule has 0 saturated heterocycles. The number of hydrogen-bond donors (Lipinski definition) is 0. The van der Waals surface area contributed by atoms with Crippen molar-refractivity contribution in [3.8, 4) is 0 Å². The molecule has 0 saturated carbocycles. The summed E-state index contributed by atoms with van der Waals surface area (Å²) in [5.41, 5.74) is 0.620.